The van der Waals surface area contributed by atoms with Gasteiger partial charge in [0.1, 0.15) is 48.3 Å². The summed E-state index contributed by atoms with van der Waals surface area (Å²) < 4.78 is 0. The molecule has 17 N–H and O–H groups in total. The highest BCUT2D eigenvalue weighted by molar-refractivity contribution is 7.98. The molecular formula is C45H79N13O12S. The van der Waals surface area contributed by atoms with Crippen LogP contribution in [-0.4, -0.2) is 173 Å². The summed E-state index contributed by atoms with van der Waals surface area (Å²) in [4.78, 5) is 148. The number of nitrogens with two attached hydrogens (primary N) is 5. The van der Waals surface area contributed by atoms with Crippen molar-refractivity contribution >= 4 is 76.8 Å². The molecule has 2 saturated heterocycles. The first-order chi connectivity index (χ1) is 33.6. The SMILES string of the molecule is CC[C@H](C)[C@H](NC(=O)[C@H](C)NC(=O)[C@@H](N)CCSC)C(=O)N1CCC[C@H]1C(=O)N1CCC[C@H]1C(=O)N[C@@H](CCCCN)C(=O)N[C@@H](CCCCN)C(=O)N[C@@H](CC(N)=O)C(=O)N[C@@H](CCC(N)=O)C(=O)O. The number of carbonyl (C=O) groups is 11. The van der Waals surface area contributed by atoms with E-state index in [-0.39, 0.29) is 57.8 Å². The molecule has 2 aliphatic rings. The van der Waals surface area contributed by atoms with Crippen LogP contribution in [0.25, 0.3) is 0 Å². The predicted molar refractivity (Wildman–Crippen MR) is 263 cm³/mol. The number of likely N-dealkylation sites (tertiary alicyclic amines) is 2. The van der Waals surface area contributed by atoms with Gasteiger partial charge in [0.25, 0.3) is 0 Å². The maximum absolute atomic E-state index is 14.4. The van der Waals surface area contributed by atoms with E-state index in [0.29, 0.717) is 63.5 Å². The van der Waals surface area contributed by atoms with E-state index < -0.39 is 132 Å². The zero-order valence-electron chi connectivity index (χ0n) is 41.5. The highest BCUT2D eigenvalue weighted by atomic mass is 32.2. The Morgan fingerprint density at radius 1 is 0.634 bits per heavy atom. The lowest BCUT2D eigenvalue weighted by molar-refractivity contribution is -0.148. The summed E-state index contributed by atoms with van der Waals surface area (Å²) in [6.07, 6.45) is 4.37. The number of amides is 10. The van der Waals surface area contributed by atoms with Crippen LogP contribution in [0.1, 0.15) is 117 Å². The third-order valence-corrected chi connectivity index (χ3v) is 13.3. The molecule has 2 heterocycles. The summed E-state index contributed by atoms with van der Waals surface area (Å²) in [6, 6.07) is -10.7. The van der Waals surface area contributed by atoms with E-state index in [0.717, 1.165) is 0 Å². The summed E-state index contributed by atoms with van der Waals surface area (Å²) in [5.41, 5.74) is 27.9. The topological polar surface area (TPSA) is 417 Å². The second kappa shape index (κ2) is 31.7. The third kappa shape index (κ3) is 20.2. The molecule has 0 spiro atoms. The van der Waals surface area contributed by atoms with Crippen LogP contribution in [0.15, 0.2) is 0 Å². The Bertz CT molecular complexity index is 1860. The first-order valence-electron chi connectivity index (χ1n) is 24.5. The second-order valence-electron chi connectivity index (χ2n) is 18.2. The number of carboxylic acid groups (broad SMARTS) is 1. The third-order valence-electron chi connectivity index (χ3n) is 12.7. The molecule has 2 fully saturated rings. The average molecular weight is 1030 g/mol. The molecule has 10 atom stereocenters. The van der Waals surface area contributed by atoms with Crippen molar-refractivity contribution in [3.8, 4) is 0 Å². The standard InChI is InChI=1S/C45H79N13O12S/c1-5-25(2)36(56-37(61)26(3)51-38(62)27(48)18-23-71-4)44(68)58-22-11-15-33(58)43(67)57-21-10-14-32(57)42(66)53-29(13-7-9-20-47)39(63)52-28(12-6-8-19-46)40(64)55-31(24-35(50)60)41(65)54-30(45(69)70)16-17-34(49)59/h25-33,36H,5-24,46-48H2,1-4H3,(H2,49,59)(H2,50,60)(H,51,62)(H,52,63)(H,53,66)(H,54,65)(H,55,64)(H,56,61)(H,69,70)/t25-,26-,27-,28-,29-,30-,31-,32-,33-,36-/m0/s1. The number of rotatable bonds is 33. The van der Waals surface area contributed by atoms with Crippen molar-refractivity contribution in [2.75, 3.05) is 38.2 Å². The fourth-order valence-electron chi connectivity index (χ4n) is 8.25. The summed E-state index contributed by atoms with van der Waals surface area (Å²) in [5, 5.41) is 24.9. The Kier molecular flexibility index (Phi) is 27.4. The van der Waals surface area contributed by atoms with Crippen molar-refractivity contribution in [1.29, 1.82) is 0 Å². The highest BCUT2D eigenvalue weighted by Gasteiger charge is 2.45. The second-order valence-corrected chi connectivity index (χ2v) is 19.2. The first-order valence-corrected chi connectivity index (χ1v) is 25.9. The van der Waals surface area contributed by atoms with Gasteiger partial charge in [0, 0.05) is 19.5 Å². The molecular weight excluding hydrogens is 947 g/mol. The van der Waals surface area contributed by atoms with E-state index in [1.165, 1.54) is 28.5 Å². The molecule has 26 heteroatoms. The molecule has 0 aromatic carbocycles. The normalized spacial score (nSPS) is 18.9. The van der Waals surface area contributed by atoms with Crippen LogP contribution < -0.4 is 60.6 Å². The Labute approximate surface area is 419 Å². The van der Waals surface area contributed by atoms with Crippen molar-refractivity contribution in [1.82, 2.24) is 41.7 Å². The van der Waals surface area contributed by atoms with Crippen molar-refractivity contribution in [3.63, 3.8) is 0 Å². The van der Waals surface area contributed by atoms with Gasteiger partial charge in [0.2, 0.25) is 59.1 Å². The number of nitrogens with zero attached hydrogens (tertiary/aromatic N) is 2. The molecule has 25 nitrogen and oxygen atoms in total. The smallest absolute Gasteiger partial charge is 0.326 e. The lowest BCUT2D eigenvalue weighted by Crippen LogP contribution is -2.60. The van der Waals surface area contributed by atoms with Crippen molar-refractivity contribution < 1.29 is 57.8 Å². The molecule has 0 aromatic rings. The van der Waals surface area contributed by atoms with Gasteiger partial charge in [0.05, 0.1) is 12.5 Å². The fourth-order valence-corrected chi connectivity index (χ4v) is 8.74. The van der Waals surface area contributed by atoms with Crippen LogP contribution in [0.5, 0.6) is 0 Å². The molecule has 71 heavy (non-hydrogen) atoms. The Hall–Kier alpha value is -5.60. The zero-order chi connectivity index (χ0) is 53.4. The summed E-state index contributed by atoms with van der Waals surface area (Å²) in [7, 11) is 0. The maximum atomic E-state index is 14.4. The van der Waals surface area contributed by atoms with Crippen LogP contribution in [-0.2, 0) is 52.7 Å². The number of unbranched alkanes of at least 4 members (excludes halogenated alkanes) is 2. The van der Waals surface area contributed by atoms with E-state index in [4.69, 9.17) is 28.7 Å². The van der Waals surface area contributed by atoms with Gasteiger partial charge in [-0.1, -0.05) is 20.3 Å². The zero-order valence-corrected chi connectivity index (χ0v) is 42.4. The van der Waals surface area contributed by atoms with Crippen molar-refractivity contribution in [2.45, 2.75) is 171 Å². The minimum Gasteiger partial charge on any atom is -0.480 e. The van der Waals surface area contributed by atoms with Crippen molar-refractivity contribution in [2.24, 2.45) is 34.6 Å². The van der Waals surface area contributed by atoms with Gasteiger partial charge in [-0.05, 0) is 115 Å². The van der Waals surface area contributed by atoms with E-state index in [2.05, 4.69) is 31.9 Å². The van der Waals surface area contributed by atoms with Gasteiger partial charge in [0.15, 0.2) is 0 Å². The fraction of sp³-hybridized carbons (Fsp3) is 0.756. The Morgan fingerprint density at radius 2 is 1.17 bits per heavy atom. The number of thioether (sulfide) groups is 1. The molecule has 0 radical (unpaired) electrons. The minimum atomic E-state index is -1.69. The number of nitrogens with one attached hydrogen (secondary N) is 6. The van der Waals surface area contributed by atoms with Gasteiger partial charge in [-0.2, -0.15) is 11.8 Å². The number of hydrogen-bond acceptors (Lipinski definition) is 15. The van der Waals surface area contributed by atoms with Crippen LogP contribution >= 0.6 is 11.8 Å². The summed E-state index contributed by atoms with van der Waals surface area (Å²) in [5.74, 6) is -8.59. The number of primary amides is 2. The molecule has 0 bridgehead atoms. The average Bonchev–Trinajstić information content (AvgIpc) is 4.03. The number of carboxylic acids is 1. The molecule has 2 aliphatic heterocycles. The molecule has 0 aliphatic carbocycles. The maximum Gasteiger partial charge on any atom is 0.326 e. The minimum absolute atomic E-state index is 0.00855. The van der Waals surface area contributed by atoms with Crippen molar-refractivity contribution in [3.05, 3.63) is 0 Å². The van der Waals surface area contributed by atoms with E-state index in [9.17, 15) is 57.8 Å². The predicted octanol–water partition coefficient (Wildman–Crippen LogP) is -3.49. The summed E-state index contributed by atoms with van der Waals surface area (Å²) >= 11 is 1.53. The monoisotopic (exact) mass is 1030 g/mol. The molecule has 402 valence electrons. The number of carbonyl (C=O) groups excluding carboxylic acids is 10. The Morgan fingerprint density at radius 3 is 1.70 bits per heavy atom. The quantitative estimate of drug-likeness (QED) is 0.0284. The van der Waals surface area contributed by atoms with Crippen LogP contribution in [0.3, 0.4) is 0 Å². The summed E-state index contributed by atoms with van der Waals surface area (Å²) in [6.45, 7) is 6.05. The largest absolute Gasteiger partial charge is 0.480 e. The van der Waals surface area contributed by atoms with E-state index in [1.54, 1.807) is 6.92 Å². The lowest BCUT2D eigenvalue weighted by atomic mass is 9.97. The van der Waals surface area contributed by atoms with Crippen LogP contribution in [0.4, 0.5) is 0 Å². The van der Waals surface area contributed by atoms with Gasteiger partial charge >= 0.3 is 5.97 Å². The lowest BCUT2D eigenvalue weighted by Gasteiger charge is -2.35. The van der Waals surface area contributed by atoms with Gasteiger partial charge in [-0.3, -0.25) is 47.9 Å². The first kappa shape index (κ1) is 61.5. The van der Waals surface area contributed by atoms with Crippen LogP contribution in [0.2, 0.25) is 0 Å². The van der Waals surface area contributed by atoms with Gasteiger partial charge in [-0.15, -0.1) is 0 Å². The van der Waals surface area contributed by atoms with Gasteiger partial charge in [-0.25, -0.2) is 4.79 Å². The molecule has 0 saturated carbocycles. The van der Waals surface area contributed by atoms with Crippen LogP contribution in [0, 0.1) is 5.92 Å². The highest BCUT2D eigenvalue weighted by Crippen LogP contribution is 2.27. The van der Waals surface area contributed by atoms with Gasteiger partial charge < -0.3 is 75.5 Å². The van der Waals surface area contributed by atoms with E-state index >= 15 is 0 Å². The molecule has 10 amide bonds. The van der Waals surface area contributed by atoms with E-state index in [1.807, 2.05) is 13.2 Å². The number of hydrogen-bond donors (Lipinski definition) is 12. The number of aliphatic carboxylic acids is 1. The molecule has 0 unspecified atom stereocenters. The Balaban J connectivity index is 2.31. The molecule has 0 aromatic heterocycles. The molecule has 2 rings (SSSR count).